The Labute approximate surface area is 347 Å². The fraction of sp³-hybridized carbons (Fsp3) is 0.927. The number of esters is 1. The van der Waals surface area contributed by atoms with E-state index >= 15 is 0 Å². The van der Waals surface area contributed by atoms with Crippen LogP contribution in [-0.2, 0) is 38.0 Å². The van der Waals surface area contributed by atoms with Gasteiger partial charge in [0.15, 0.2) is 18.9 Å². The second-order valence-electron chi connectivity index (χ2n) is 19.2. The third kappa shape index (κ3) is 7.59. The first-order valence-electron chi connectivity index (χ1n) is 21.6. The molecule has 7 fully saturated rings. The van der Waals surface area contributed by atoms with Crippen LogP contribution in [0.3, 0.4) is 0 Å². The number of aliphatic hydroxyl groups excluding tert-OH is 10. The summed E-state index contributed by atoms with van der Waals surface area (Å²) in [5.41, 5.74) is -0.244. The Hall–Kier alpha value is -1.47. The van der Waals surface area contributed by atoms with Gasteiger partial charge >= 0.3 is 5.97 Å². The summed E-state index contributed by atoms with van der Waals surface area (Å²) >= 11 is 0. The van der Waals surface area contributed by atoms with Crippen LogP contribution in [0.5, 0.6) is 0 Å². The van der Waals surface area contributed by atoms with Gasteiger partial charge in [-0.2, -0.15) is 0 Å². The minimum atomic E-state index is -1.81. The van der Waals surface area contributed by atoms with Gasteiger partial charge in [0, 0.05) is 11.5 Å². The SMILES string of the molecule is C[C@@]12CC[C@H](O[C@H]3O[C@@H](CO[C@@H]4O[C@H](CO[C@@H]5O[C@H](CO)[C@@H](O)[C@@H](O)[C@@H]5O)[C@@H](O)[C@H](O)[C@@H]4O)[C@H](O)[C@@H](O)[C@@H]3O)C[C@@H]1CC[C@H]1[C@H]2CC[C@@]2(C)[C@H](C3=CC(=O)OC3)CC[C@]12O. The van der Waals surface area contributed by atoms with Crippen LogP contribution in [-0.4, -0.2) is 192 Å². The van der Waals surface area contributed by atoms with Crippen LogP contribution in [0.4, 0.5) is 0 Å². The molecule has 0 amide bonds. The van der Waals surface area contributed by atoms with Gasteiger partial charge in [-0.25, -0.2) is 4.79 Å². The lowest BCUT2D eigenvalue weighted by Gasteiger charge is -2.64. The van der Waals surface area contributed by atoms with Gasteiger partial charge in [-0.15, -0.1) is 0 Å². The summed E-state index contributed by atoms with van der Waals surface area (Å²) in [5.74, 6) is 0.499. The van der Waals surface area contributed by atoms with Crippen LogP contribution in [0.2, 0.25) is 0 Å². The maximum atomic E-state index is 12.6. The van der Waals surface area contributed by atoms with E-state index in [1.54, 1.807) is 6.08 Å². The highest BCUT2D eigenvalue weighted by molar-refractivity contribution is 5.85. The monoisotopic (exact) mass is 860 g/mol. The molecule has 0 aromatic heterocycles. The predicted molar refractivity (Wildman–Crippen MR) is 200 cm³/mol. The molecule has 0 bridgehead atoms. The molecule has 342 valence electrons. The lowest BCUT2D eigenvalue weighted by molar-refractivity contribution is -0.346. The lowest BCUT2D eigenvalue weighted by Crippen LogP contribution is -2.63. The third-order valence-corrected chi connectivity index (χ3v) is 16.3. The van der Waals surface area contributed by atoms with Crippen molar-refractivity contribution in [2.75, 3.05) is 26.4 Å². The van der Waals surface area contributed by atoms with E-state index in [9.17, 15) is 61.0 Å². The number of carbonyl (C=O) groups excluding carboxylic acids is 1. The van der Waals surface area contributed by atoms with Crippen molar-refractivity contribution in [3.8, 4) is 0 Å². The smallest absolute Gasteiger partial charge is 0.331 e. The molecule has 0 radical (unpaired) electrons. The molecule has 8 rings (SSSR count). The molecule has 4 heterocycles. The van der Waals surface area contributed by atoms with Crippen molar-refractivity contribution in [1.82, 2.24) is 0 Å². The molecule has 11 N–H and O–H groups in total. The Morgan fingerprint density at radius 2 is 1.22 bits per heavy atom. The van der Waals surface area contributed by atoms with E-state index in [-0.39, 0.29) is 40.7 Å². The zero-order valence-corrected chi connectivity index (χ0v) is 34.0. The average molecular weight is 861 g/mol. The van der Waals surface area contributed by atoms with E-state index in [1.807, 2.05) is 0 Å². The largest absolute Gasteiger partial charge is 0.458 e. The Bertz CT molecular complexity index is 1570. The first-order valence-corrected chi connectivity index (χ1v) is 21.6. The summed E-state index contributed by atoms with van der Waals surface area (Å²) in [7, 11) is 0. The fourth-order valence-corrected chi connectivity index (χ4v) is 12.6. The van der Waals surface area contributed by atoms with Crippen molar-refractivity contribution in [2.24, 2.45) is 34.5 Å². The standard InChI is InChI=1S/C41H64O19/c1-39-8-5-19(12-18(39)3-4-22-21(39)6-9-40(2)20(7-10-41(22,40)53)17-11-26(43)54-14-17)57-38-35(52)32(49)29(46)25(60-38)16-56-37-34(51)31(48)28(45)24(59-37)15-55-36-33(50)30(47)27(44)23(13-42)58-36/h11,18-25,27-38,42,44-53H,3-10,12-16H2,1-2H3/t18-,19-,20-,21+,22-,23+,24+,25-,27+,28+,29-,30+,31-,32+,33-,34-,35-,36+,37+,38-,39+,40-,41-/m0/s1. The Morgan fingerprint density at radius 3 is 1.80 bits per heavy atom. The molecule has 4 aliphatic carbocycles. The summed E-state index contributed by atoms with van der Waals surface area (Å²) in [5, 5.41) is 117. The molecule has 60 heavy (non-hydrogen) atoms. The molecule has 8 aliphatic rings. The Balaban J connectivity index is 0.864. The number of ether oxygens (including phenoxy) is 7. The minimum Gasteiger partial charge on any atom is -0.458 e. The zero-order valence-electron chi connectivity index (χ0n) is 34.0. The first kappa shape index (κ1) is 45.1. The molecule has 23 atom stereocenters. The van der Waals surface area contributed by atoms with Gasteiger partial charge in [0.25, 0.3) is 0 Å². The topological polar surface area (TPSA) is 304 Å². The van der Waals surface area contributed by atoms with E-state index in [2.05, 4.69) is 13.8 Å². The molecule has 19 heteroatoms. The molecule has 3 saturated heterocycles. The van der Waals surface area contributed by atoms with Gasteiger partial charge in [0.2, 0.25) is 0 Å². The van der Waals surface area contributed by atoms with Crippen molar-refractivity contribution in [3.63, 3.8) is 0 Å². The summed E-state index contributed by atoms with van der Waals surface area (Å²) in [6, 6.07) is 0. The van der Waals surface area contributed by atoms with Crippen LogP contribution >= 0.6 is 0 Å². The van der Waals surface area contributed by atoms with E-state index < -0.39 is 118 Å². The highest BCUT2D eigenvalue weighted by atomic mass is 16.7. The number of carbonyl (C=O) groups is 1. The van der Waals surface area contributed by atoms with E-state index in [0.29, 0.717) is 31.8 Å². The molecule has 0 aromatic carbocycles. The second kappa shape index (κ2) is 17.2. The van der Waals surface area contributed by atoms with Crippen molar-refractivity contribution in [2.45, 2.75) is 175 Å². The molecule has 4 aliphatic heterocycles. The van der Waals surface area contributed by atoms with E-state index in [1.165, 1.54) is 0 Å². The number of cyclic esters (lactones) is 1. The zero-order chi connectivity index (χ0) is 43.1. The second-order valence-corrected chi connectivity index (χ2v) is 19.2. The summed E-state index contributed by atoms with van der Waals surface area (Å²) in [6.07, 6.45) is -15.3. The van der Waals surface area contributed by atoms with Gasteiger partial charge < -0.3 is 89.3 Å². The molecular formula is C41H64O19. The van der Waals surface area contributed by atoms with Crippen molar-refractivity contribution >= 4 is 5.97 Å². The summed E-state index contributed by atoms with van der Waals surface area (Å²) < 4.78 is 39.8. The number of fused-ring (bicyclic) bond motifs is 5. The Kier molecular flexibility index (Phi) is 12.9. The number of aliphatic hydroxyl groups is 11. The lowest BCUT2D eigenvalue weighted by atomic mass is 9.43. The third-order valence-electron chi connectivity index (χ3n) is 16.3. The number of hydrogen-bond donors (Lipinski definition) is 11. The van der Waals surface area contributed by atoms with Gasteiger partial charge in [0.05, 0.1) is 31.5 Å². The normalized spacial score (nSPS) is 54.4. The van der Waals surface area contributed by atoms with Crippen LogP contribution in [0, 0.1) is 34.5 Å². The molecule has 0 aromatic rings. The molecular weight excluding hydrogens is 796 g/mol. The van der Waals surface area contributed by atoms with E-state index in [4.69, 9.17) is 33.2 Å². The fourth-order valence-electron chi connectivity index (χ4n) is 12.6. The van der Waals surface area contributed by atoms with Gasteiger partial charge in [0.1, 0.15) is 79.9 Å². The van der Waals surface area contributed by atoms with E-state index in [0.717, 1.165) is 44.1 Å². The highest BCUT2D eigenvalue weighted by Crippen LogP contribution is 2.70. The summed E-state index contributed by atoms with van der Waals surface area (Å²) in [4.78, 5) is 11.9. The van der Waals surface area contributed by atoms with Crippen LogP contribution in [0.25, 0.3) is 0 Å². The van der Waals surface area contributed by atoms with Gasteiger partial charge in [-0.05, 0) is 92.4 Å². The molecule has 19 nitrogen and oxygen atoms in total. The molecule has 4 saturated carbocycles. The van der Waals surface area contributed by atoms with Crippen molar-refractivity contribution in [1.29, 1.82) is 0 Å². The van der Waals surface area contributed by atoms with Crippen molar-refractivity contribution in [3.05, 3.63) is 11.6 Å². The summed E-state index contributed by atoms with van der Waals surface area (Å²) in [6.45, 7) is 3.04. The van der Waals surface area contributed by atoms with Crippen LogP contribution in [0.15, 0.2) is 11.6 Å². The number of hydrogen-bond acceptors (Lipinski definition) is 19. The van der Waals surface area contributed by atoms with Crippen molar-refractivity contribution < 1.29 is 94.1 Å². The average Bonchev–Trinajstić information content (AvgIpc) is 3.78. The maximum Gasteiger partial charge on any atom is 0.331 e. The first-order chi connectivity index (χ1) is 28.4. The van der Waals surface area contributed by atoms with Gasteiger partial charge in [-0.1, -0.05) is 13.8 Å². The quantitative estimate of drug-likeness (QED) is 0.0775. The highest BCUT2D eigenvalue weighted by Gasteiger charge is 2.68. The maximum absolute atomic E-state index is 12.6. The van der Waals surface area contributed by atoms with Crippen LogP contribution < -0.4 is 0 Å². The Morgan fingerprint density at radius 1 is 0.650 bits per heavy atom. The van der Waals surface area contributed by atoms with Gasteiger partial charge in [-0.3, -0.25) is 0 Å². The molecule has 0 spiro atoms. The molecule has 0 unspecified atom stereocenters. The predicted octanol–water partition coefficient (Wildman–Crippen LogP) is -2.92. The minimum absolute atomic E-state index is 0.0571. The number of rotatable bonds is 10. The van der Waals surface area contributed by atoms with Crippen LogP contribution in [0.1, 0.15) is 71.6 Å².